The van der Waals surface area contributed by atoms with Crippen molar-refractivity contribution in [2.75, 3.05) is 7.11 Å². The maximum Gasteiger partial charge on any atom is 0.119 e. The lowest BCUT2D eigenvalue weighted by atomic mass is 9.93. The number of hydrogen-bond donors (Lipinski definition) is 0. The Morgan fingerprint density at radius 3 is 2.47 bits per heavy atom. The Balaban J connectivity index is 2.31. The lowest BCUT2D eigenvalue weighted by Gasteiger charge is -2.18. The van der Waals surface area contributed by atoms with E-state index in [4.69, 9.17) is 16.3 Å². The average molecular weight is 277 g/mol. The molecule has 0 heterocycles. The Labute approximate surface area is 120 Å². The zero-order valence-electron chi connectivity index (χ0n) is 11.8. The summed E-state index contributed by atoms with van der Waals surface area (Å²) in [6.45, 7) is 4.38. The zero-order valence-corrected chi connectivity index (χ0v) is 12.6. The van der Waals surface area contributed by atoms with Gasteiger partial charge in [-0.15, -0.1) is 11.6 Å². The van der Waals surface area contributed by atoms with Crippen molar-refractivity contribution in [3.8, 4) is 5.75 Å². The van der Waals surface area contributed by atoms with E-state index in [1.165, 1.54) is 16.3 Å². The smallest absolute Gasteiger partial charge is 0.119 e. The molecule has 2 rings (SSSR count). The van der Waals surface area contributed by atoms with E-state index in [-0.39, 0.29) is 5.38 Å². The molecule has 0 saturated heterocycles. The molecule has 2 heteroatoms. The molecule has 2 aromatic rings. The molecule has 0 bridgehead atoms. The van der Waals surface area contributed by atoms with Gasteiger partial charge >= 0.3 is 0 Å². The van der Waals surface area contributed by atoms with Gasteiger partial charge in [0, 0.05) is 5.38 Å². The highest BCUT2D eigenvalue weighted by Crippen LogP contribution is 2.30. The molecule has 1 nitrogen and oxygen atoms in total. The Morgan fingerprint density at radius 2 is 1.79 bits per heavy atom. The fraction of sp³-hybridized carbons (Fsp3) is 0.412. The summed E-state index contributed by atoms with van der Waals surface area (Å²) < 4.78 is 5.25. The summed E-state index contributed by atoms with van der Waals surface area (Å²) in [6, 6.07) is 12.7. The highest BCUT2D eigenvalue weighted by atomic mass is 35.5. The van der Waals surface area contributed by atoms with Gasteiger partial charge in [0.05, 0.1) is 7.11 Å². The van der Waals surface area contributed by atoms with Gasteiger partial charge in [-0.2, -0.15) is 0 Å². The molecule has 2 unspecified atom stereocenters. The molecule has 0 spiro atoms. The van der Waals surface area contributed by atoms with Crippen molar-refractivity contribution in [2.45, 2.75) is 38.0 Å². The van der Waals surface area contributed by atoms with Crippen molar-refractivity contribution in [3.63, 3.8) is 0 Å². The van der Waals surface area contributed by atoms with E-state index < -0.39 is 0 Å². The first-order valence-corrected chi connectivity index (χ1v) is 7.31. The Morgan fingerprint density at radius 1 is 1.11 bits per heavy atom. The van der Waals surface area contributed by atoms with Gasteiger partial charge in [-0.1, -0.05) is 44.5 Å². The average Bonchev–Trinajstić information content (AvgIpc) is 2.45. The second-order valence-electron chi connectivity index (χ2n) is 5.07. The lowest BCUT2D eigenvalue weighted by Crippen LogP contribution is -2.09. The normalized spacial score (nSPS) is 14.3. The highest BCUT2D eigenvalue weighted by Gasteiger charge is 2.15. The van der Waals surface area contributed by atoms with E-state index in [1.807, 2.05) is 6.07 Å². The number of alkyl halides is 1. The van der Waals surface area contributed by atoms with Gasteiger partial charge in [0.15, 0.2) is 0 Å². The van der Waals surface area contributed by atoms with Crippen LogP contribution in [0.25, 0.3) is 10.8 Å². The van der Waals surface area contributed by atoms with Gasteiger partial charge in [0.2, 0.25) is 0 Å². The van der Waals surface area contributed by atoms with Crippen LogP contribution in [0, 0.1) is 0 Å². The molecule has 2 atom stereocenters. The number of fused-ring (bicyclic) bond motifs is 1. The molecule has 0 aliphatic carbocycles. The highest BCUT2D eigenvalue weighted by molar-refractivity contribution is 6.21. The third-order valence-corrected chi connectivity index (χ3v) is 4.30. The zero-order chi connectivity index (χ0) is 13.8. The summed E-state index contributed by atoms with van der Waals surface area (Å²) in [4.78, 5) is 0. The van der Waals surface area contributed by atoms with Gasteiger partial charge in [-0.05, 0) is 40.8 Å². The van der Waals surface area contributed by atoms with Crippen molar-refractivity contribution in [2.24, 2.45) is 0 Å². The fourth-order valence-electron chi connectivity index (χ4n) is 2.39. The maximum atomic E-state index is 6.44. The molecule has 0 aliphatic heterocycles. The van der Waals surface area contributed by atoms with Gasteiger partial charge in [-0.3, -0.25) is 0 Å². The summed E-state index contributed by atoms with van der Waals surface area (Å²) in [5.41, 5.74) is 1.31. The number of methoxy groups -OCH3 is 1. The third-order valence-electron chi connectivity index (χ3n) is 3.70. The van der Waals surface area contributed by atoms with Gasteiger partial charge in [0.1, 0.15) is 5.75 Å². The molecular formula is C17H21ClO. The van der Waals surface area contributed by atoms with E-state index in [9.17, 15) is 0 Å². The molecule has 0 saturated carbocycles. The van der Waals surface area contributed by atoms with Crippen LogP contribution in [-0.4, -0.2) is 12.5 Å². The molecule has 0 N–H and O–H groups in total. The van der Waals surface area contributed by atoms with Crippen molar-refractivity contribution >= 4 is 22.4 Å². The first-order chi connectivity index (χ1) is 9.15. The summed E-state index contributed by atoms with van der Waals surface area (Å²) in [5.74, 6) is 1.28. The molecule has 0 fully saturated rings. The summed E-state index contributed by atoms with van der Waals surface area (Å²) in [7, 11) is 1.69. The largest absolute Gasteiger partial charge is 0.497 e. The van der Waals surface area contributed by atoms with Crippen LogP contribution in [0.1, 0.15) is 38.2 Å². The van der Waals surface area contributed by atoms with Gasteiger partial charge in [-0.25, -0.2) is 0 Å². The second-order valence-corrected chi connectivity index (χ2v) is 5.63. The van der Waals surface area contributed by atoms with Gasteiger partial charge in [0.25, 0.3) is 0 Å². The lowest BCUT2D eigenvalue weighted by molar-refractivity contribution is 0.415. The SMILES string of the molecule is CCCC(Cl)C(C)c1ccc2cc(OC)ccc2c1. The van der Waals surface area contributed by atoms with Crippen LogP contribution < -0.4 is 4.74 Å². The van der Waals surface area contributed by atoms with Crippen LogP contribution in [0.5, 0.6) is 5.75 Å². The number of rotatable bonds is 5. The van der Waals surface area contributed by atoms with E-state index in [0.717, 1.165) is 18.6 Å². The van der Waals surface area contributed by atoms with Crippen molar-refractivity contribution < 1.29 is 4.74 Å². The van der Waals surface area contributed by atoms with E-state index in [0.29, 0.717) is 5.92 Å². The molecular weight excluding hydrogens is 256 g/mol. The minimum Gasteiger partial charge on any atom is -0.497 e. The van der Waals surface area contributed by atoms with Gasteiger partial charge < -0.3 is 4.74 Å². The molecule has 0 aliphatic rings. The van der Waals surface area contributed by atoms with Crippen LogP contribution in [0.3, 0.4) is 0 Å². The fourth-order valence-corrected chi connectivity index (χ4v) is 2.75. The van der Waals surface area contributed by atoms with Crippen molar-refractivity contribution in [3.05, 3.63) is 42.0 Å². The molecule has 0 amide bonds. The number of halogens is 1. The van der Waals surface area contributed by atoms with Crippen LogP contribution in [0.15, 0.2) is 36.4 Å². The van der Waals surface area contributed by atoms with Crippen LogP contribution in [-0.2, 0) is 0 Å². The van der Waals surface area contributed by atoms with Crippen molar-refractivity contribution in [1.82, 2.24) is 0 Å². The van der Waals surface area contributed by atoms with Crippen LogP contribution >= 0.6 is 11.6 Å². The summed E-state index contributed by atoms with van der Waals surface area (Å²) >= 11 is 6.44. The number of ether oxygens (including phenoxy) is 1. The number of benzene rings is 2. The van der Waals surface area contributed by atoms with Crippen LogP contribution in [0.2, 0.25) is 0 Å². The summed E-state index contributed by atoms with van der Waals surface area (Å²) in [5, 5.41) is 2.66. The predicted octanol–water partition coefficient (Wildman–Crippen LogP) is 5.36. The van der Waals surface area contributed by atoms with Crippen LogP contribution in [0.4, 0.5) is 0 Å². The standard InChI is InChI=1S/C17H21ClO/c1-4-5-17(18)12(2)13-6-7-15-11-16(19-3)9-8-14(15)10-13/h6-12,17H,4-5H2,1-3H3. The quantitative estimate of drug-likeness (QED) is 0.668. The monoisotopic (exact) mass is 276 g/mol. The third kappa shape index (κ3) is 3.22. The van der Waals surface area contributed by atoms with E-state index in [2.05, 4.69) is 44.2 Å². The minimum atomic E-state index is 0.209. The Bertz CT molecular complexity index is 550. The minimum absolute atomic E-state index is 0.209. The number of hydrogen-bond acceptors (Lipinski definition) is 1. The van der Waals surface area contributed by atoms with Crippen molar-refractivity contribution in [1.29, 1.82) is 0 Å². The molecule has 19 heavy (non-hydrogen) atoms. The first-order valence-electron chi connectivity index (χ1n) is 6.87. The Hall–Kier alpha value is -1.21. The topological polar surface area (TPSA) is 9.23 Å². The van der Waals surface area contributed by atoms with E-state index in [1.54, 1.807) is 7.11 Å². The molecule has 2 aromatic carbocycles. The molecule has 0 aromatic heterocycles. The molecule has 102 valence electrons. The second kappa shape index (κ2) is 6.29. The maximum absolute atomic E-state index is 6.44. The van der Waals surface area contributed by atoms with E-state index >= 15 is 0 Å². The first kappa shape index (κ1) is 14.2. The Kier molecular flexibility index (Phi) is 4.71. The predicted molar refractivity (Wildman–Crippen MR) is 83.5 cm³/mol. The molecule has 0 radical (unpaired) electrons. The summed E-state index contributed by atoms with van der Waals surface area (Å²) in [6.07, 6.45) is 2.19.